The van der Waals surface area contributed by atoms with E-state index in [9.17, 15) is 9.59 Å². The molecule has 0 spiro atoms. The van der Waals surface area contributed by atoms with Crippen LogP contribution in [-0.2, 0) is 0 Å². The molecule has 1 aromatic carbocycles. The van der Waals surface area contributed by atoms with Crippen LogP contribution in [0.2, 0.25) is 0 Å². The highest BCUT2D eigenvalue weighted by Gasteiger charge is 2.25. The second-order valence-electron chi connectivity index (χ2n) is 8.64. The van der Waals surface area contributed by atoms with Crippen molar-refractivity contribution < 1.29 is 14.3 Å². The summed E-state index contributed by atoms with van der Waals surface area (Å²) in [5, 5.41) is 2.84. The van der Waals surface area contributed by atoms with Gasteiger partial charge in [0, 0.05) is 37.9 Å². The number of hydrogen-bond donors (Lipinski definition) is 1. The first kappa shape index (κ1) is 22.1. The van der Waals surface area contributed by atoms with Crippen LogP contribution in [-0.4, -0.2) is 59.5 Å². The van der Waals surface area contributed by atoms with E-state index in [0.29, 0.717) is 43.3 Å². The number of piperazine rings is 1. The minimum absolute atomic E-state index is 0.00682. The van der Waals surface area contributed by atoms with E-state index in [-0.39, 0.29) is 11.9 Å². The summed E-state index contributed by atoms with van der Waals surface area (Å²) in [5.74, 6) is 1.46. The van der Waals surface area contributed by atoms with Crippen LogP contribution in [0.25, 0.3) is 0 Å². The van der Waals surface area contributed by atoms with Crippen LogP contribution in [0, 0.1) is 5.92 Å². The monoisotopic (exact) mass is 436 g/mol. The molecule has 1 saturated carbocycles. The van der Waals surface area contributed by atoms with Gasteiger partial charge in [-0.05, 0) is 55.2 Å². The number of nitrogens with one attached hydrogen (secondary N) is 1. The topological polar surface area (TPSA) is 74.8 Å². The second kappa shape index (κ2) is 11.0. The maximum Gasteiger partial charge on any atom is 0.322 e. The molecule has 7 heteroatoms. The fourth-order valence-electron chi connectivity index (χ4n) is 4.37. The summed E-state index contributed by atoms with van der Waals surface area (Å²) in [6.45, 7) is 2.79. The Balaban J connectivity index is 1.23. The standard InChI is InChI=1S/C25H32N4O3/c30-24(21-9-11-23(12-10-21)32-19-20-6-3-1-2-4-7-20)28-14-16-29(17-15-28)25(31)27-22-8-5-13-26-18-22/h5,8-13,18,20H,1-4,6-7,14-17,19H2,(H,27,31). The molecule has 2 aromatic rings. The molecule has 2 aliphatic rings. The molecule has 0 bridgehead atoms. The normalized spacial score (nSPS) is 17.5. The van der Waals surface area contributed by atoms with Crippen LogP contribution in [0.4, 0.5) is 10.5 Å². The summed E-state index contributed by atoms with van der Waals surface area (Å²) in [6, 6.07) is 10.9. The lowest BCUT2D eigenvalue weighted by atomic mass is 10.0. The van der Waals surface area contributed by atoms with E-state index in [1.54, 1.807) is 34.3 Å². The summed E-state index contributed by atoms with van der Waals surface area (Å²) < 4.78 is 5.99. The van der Waals surface area contributed by atoms with Crippen molar-refractivity contribution >= 4 is 17.6 Å². The largest absolute Gasteiger partial charge is 0.493 e. The van der Waals surface area contributed by atoms with Crippen molar-refractivity contribution in [1.29, 1.82) is 0 Å². The van der Waals surface area contributed by atoms with Crippen molar-refractivity contribution in [2.75, 3.05) is 38.1 Å². The molecule has 4 rings (SSSR count). The lowest BCUT2D eigenvalue weighted by Gasteiger charge is -2.34. The summed E-state index contributed by atoms with van der Waals surface area (Å²) in [5.41, 5.74) is 1.32. The number of nitrogens with zero attached hydrogens (tertiary/aromatic N) is 3. The number of amides is 3. The third-order valence-electron chi connectivity index (χ3n) is 6.33. The molecule has 1 aromatic heterocycles. The summed E-state index contributed by atoms with van der Waals surface area (Å²) >= 11 is 0. The average molecular weight is 437 g/mol. The lowest BCUT2D eigenvalue weighted by Crippen LogP contribution is -2.51. The van der Waals surface area contributed by atoms with E-state index < -0.39 is 0 Å². The van der Waals surface area contributed by atoms with Crippen molar-refractivity contribution in [2.45, 2.75) is 38.5 Å². The number of hydrogen-bond acceptors (Lipinski definition) is 4. The first-order valence-electron chi connectivity index (χ1n) is 11.7. The first-order chi connectivity index (χ1) is 15.7. The van der Waals surface area contributed by atoms with Crippen LogP contribution in [0.3, 0.4) is 0 Å². The Hall–Kier alpha value is -3.09. The Morgan fingerprint density at radius 3 is 2.28 bits per heavy atom. The molecule has 32 heavy (non-hydrogen) atoms. The smallest absolute Gasteiger partial charge is 0.322 e. The molecular weight excluding hydrogens is 404 g/mol. The van der Waals surface area contributed by atoms with E-state index in [1.807, 2.05) is 24.3 Å². The predicted molar refractivity (Wildman–Crippen MR) is 124 cm³/mol. The number of carbonyl (C=O) groups is 2. The van der Waals surface area contributed by atoms with Crippen molar-refractivity contribution in [3.63, 3.8) is 0 Å². The number of benzene rings is 1. The van der Waals surface area contributed by atoms with E-state index in [0.717, 1.165) is 12.4 Å². The van der Waals surface area contributed by atoms with Crippen LogP contribution in [0.1, 0.15) is 48.9 Å². The van der Waals surface area contributed by atoms with E-state index in [1.165, 1.54) is 38.5 Å². The SMILES string of the molecule is O=C(Nc1cccnc1)N1CCN(C(=O)c2ccc(OCC3CCCCCC3)cc2)CC1. The molecule has 7 nitrogen and oxygen atoms in total. The highest BCUT2D eigenvalue weighted by atomic mass is 16.5. The molecule has 0 radical (unpaired) electrons. The van der Waals surface area contributed by atoms with Gasteiger partial charge in [-0.1, -0.05) is 25.7 Å². The molecule has 1 aliphatic carbocycles. The Morgan fingerprint density at radius 2 is 1.62 bits per heavy atom. The fourth-order valence-corrected chi connectivity index (χ4v) is 4.37. The molecule has 0 unspecified atom stereocenters. The zero-order valence-electron chi connectivity index (χ0n) is 18.5. The minimum Gasteiger partial charge on any atom is -0.493 e. The van der Waals surface area contributed by atoms with Crippen LogP contribution >= 0.6 is 0 Å². The van der Waals surface area contributed by atoms with Crippen LogP contribution in [0.15, 0.2) is 48.8 Å². The van der Waals surface area contributed by atoms with E-state index in [4.69, 9.17) is 4.74 Å². The first-order valence-corrected chi connectivity index (χ1v) is 11.7. The molecule has 1 saturated heterocycles. The van der Waals surface area contributed by atoms with Crippen LogP contribution in [0.5, 0.6) is 5.75 Å². The molecule has 2 heterocycles. The highest BCUT2D eigenvalue weighted by Crippen LogP contribution is 2.24. The number of ether oxygens (including phenoxy) is 1. The van der Waals surface area contributed by atoms with Crippen LogP contribution < -0.4 is 10.1 Å². The highest BCUT2D eigenvalue weighted by molar-refractivity contribution is 5.94. The van der Waals surface area contributed by atoms with Crippen molar-refractivity contribution in [1.82, 2.24) is 14.8 Å². The Labute approximate surface area is 189 Å². The third-order valence-corrected chi connectivity index (χ3v) is 6.33. The Morgan fingerprint density at radius 1 is 0.938 bits per heavy atom. The van der Waals surface area contributed by atoms with E-state index in [2.05, 4.69) is 10.3 Å². The average Bonchev–Trinajstić information content (AvgIpc) is 3.12. The summed E-state index contributed by atoms with van der Waals surface area (Å²) in [6.07, 6.45) is 11.1. The quantitative estimate of drug-likeness (QED) is 0.704. The fraction of sp³-hybridized carbons (Fsp3) is 0.480. The number of carbonyl (C=O) groups excluding carboxylic acids is 2. The van der Waals surface area contributed by atoms with E-state index >= 15 is 0 Å². The van der Waals surface area contributed by atoms with Gasteiger partial charge in [0.25, 0.3) is 5.91 Å². The zero-order valence-corrected chi connectivity index (χ0v) is 18.5. The molecular formula is C25H32N4O3. The van der Waals surface area contributed by atoms with Gasteiger partial charge in [0.05, 0.1) is 18.5 Å². The molecule has 1 aliphatic heterocycles. The Kier molecular flexibility index (Phi) is 7.59. The number of rotatable bonds is 5. The van der Waals surface area contributed by atoms with Gasteiger partial charge in [-0.3, -0.25) is 9.78 Å². The molecule has 0 atom stereocenters. The van der Waals surface area contributed by atoms with Gasteiger partial charge < -0.3 is 19.9 Å². The van der Waals surface area contributed by atoms with Gasteiger partial charge in [-0.15, -0.1) is 0 Å². The van der Waals surface area contributed by atoms with Gasteiger partial charge in [-0.25, -0.2) is 4.79 Å². The Bertz CT molecular complexity index is 872. The van der Waals surface area contributed by atoms with Crippen molar-refractivity contribution in [2.24, 2.45) is 5.92 Å². The lowest BCUT2D eigenvalue weighted by molar-refractivity contribution is 0.0671. The second-order valence-corrected chi connectivity index (χ2v) is 8.64. The summed E-state index contributed by atoms with van der Waals surface area (Å²) in [4.78, 5) is 32.8. The maximum atomic E-state index is 12.9. The van der Waals surface area contributed by atoms with Gasteiger partial charge in [0.15, 0.2) is 0 Å². The molecule has 1 N–H and O–H groups in total. The number of pyridine rings is 1. The third kappa shape index (κ3) is 5.99. The maximum absolute atomic E-state index is 12.9. The predicted octanol–water partition coefficient (Wildman–Crippen LogP) is 4.42. The van der Waals surface area contributed by atoms with Gasteiger partial charge in [0.1, 0.15) is 5.75 Å². The van der Waals surface area contributed by atoms with Gasteiger partial charge in [-0.2, -0.15) is 0 Å². The van der Waals surface area contributed by atoms with Gasteiger partial charge >= 0.3 is 6.03 Å². The number of urea groups is 1. The number of anilines is 1. The van der Waals surface area contributed by atoms with Gasteiger partial charge in [0.2, 0.25) is 0 Å². The summed E-state index contributed by atoms with van der Waals surface area (Å²) in [7, 11) is 0. The molecule has 170 valence electrons. The zero-order chi connectivity index (χ0) is 22.2. The van der Waals surface area contributed by atoms with Crippen molar-refractivity contribution in [3.8, 4) is 5.75 Å². The van der Waals surface area contributed by atoms with Crippen molar-refractivity contribution in [3.05, 3.63) is 54.4 Å². The molecule has 2 fully saturated rings. The minimum atomic E-state index is -0.166. The number of aromatic nitrogens is 1. The molecule has 3 amide bonds.